The molecule has 0 spiro atoms. The Morgan fingerprint density at radius 2 is 1.95 bits per heavy atom. The Labute approximate surface area is 129 Å². The highest BCUT2D eigenvalue weighted by atomic mass is 32.1. The van der Waals surface area contributed by atoms with Gasteiger partial charge in [0.15, 0.2) is 0 Å². The molecule has 0 aliphatic carbocycles. The van der Waals surface area contributed by atoms with Crippen LogP contribution >= 0.6 is 11.3 Å². The van der Waals surface area contributed by atoms with Crippen molar-refractivity contribution in [1.29, 1.82) is 0 Å². The van der Waals surface area contributed by atoms with E-state index in [2.05, 4.69) is 48.8 Å². The van der Waals surface area contributed by atoms with Crippen LogP contribution in [0.4, 0.5) is 5.82 Å². The van der Waals surface area contributed by atoms with Gasteiger partial charge in [-0.1, -0.05) is 44.2 Å². The van der Waals surface area contributed by atoms with Crippen LogP contribution in [0.2, 0.25) is 0 Å². The molecule has 0 amide bonds. The van der Waals surface area contributed by atoms with Gasteiger partial charge < -0.3 is 5.32 Å². The predicted molar refractivity (Wildman–Crippen MR) is 91.1 cm³/mol. The molecule has 0 radical (unpaired) electrons. The van der Waals surface area contributed by atoms with E-state index in [4.69, 9.17) is 9.97 Å². The number of nitrogens with zero attached hydrogens (tertiary/aromatic N) is 2. The average Bonchev–Trinajstić information content (AvgIpc) is 2.98. The van der Waals surface area contributed by atoms with Crippen molar-refractivity contribution in [1.82, 2.24) is 9.97 Å². The first-order chi connectivity index (χ1) is 10.2. The van der Waals surface area contributed by atoms with E-state index in [1.807, 2.05) is 13.1 Å². The van der Waals surface area contributed by atoms with Gasteiger partial charge in [-0.15, -0.1) is 11.3 Å². The van der Waals surface area contributed by atoms with Crippen molar-refractivity contribution in [2.24, 2.45) is 0 Å². The molecule has 3 aromatic rings. The third-order valence-corrected chi connectivity index (χ3v) is 4.70. The number of thiophene rings is 1. The van der Waals surface area contributed by atoms with Crippen LogP contribution in [-0.4, -0.2) is 17.0 Å². The molecule has 2 aromatic heterocycles. The van der Waals surface area contributed by atoms with Crippen LogP contribution in [0.15, 0.2) is 35.7 Å². The molecule has 0 saturated carbocycles. The third kappa shape index (κ3) is 2.51. The molecule has 0 bridgehead atoms. The van der Waals surface area contributed by atoms with Crippen molar-refractivity contribution in [2.75, 3.05) is 12.4 Å². The SMILES string of the molecule is CCC(C)c1nc(NC)c2c(-c3ccccc3)csc2n1. The first-order valence-electron chi connectivity index (χ1n) is 7.26. The predicted octanol–water partition coefficient (Wildman–Crippen LogP) is 4.91. The first-order valence-corrected chi connectivity index (χ1v) is 8.14. The molecule has 3 nitrogen and oxygen atoms in total. The van der Waals surface area contributed by atoms with Gasteiger partial charge in [0.2, 0.25) is 0 Å². The molecule has 2 heterocycles. The fraction of sp³-hybridized carbons (Fsp3) is 0.294. The summed E-state index contributed by atoms with van der Waals surface area (Å²) in [5.41, 5.74) is 2.41. The van der Waals surface area contributed by atoms with E-state index in [0.717, 1.165) is 28.3 Å². The normalized spacial score (nSPS) is 12.5. The summed E-state index contributed by atoms with van der Waals surface area (Å²) in [6, 6.07) is 10.4. The molecule has 1 atom stereocenters. The molecule has 0 saturated heterocycles. The molecule has 0 aliphatic rings. The lowest BCUT2D eigenvalue weighted by Gasteiger charge is -2.11. The fourth-order valence-electron chi connectivity index (χ4n) is 2.37. The van der Waals surface area contributed by atoms with Crippen LogP contribution in [0.3, 0.4) is 0 Å². The van der Waals surface area contributed by atoms with Crippen molar-refractivity contribution in [3.8, 4) is 11.1 Å². The summed E-state index contributed by atoms with van der Waals surface area (Å²) in [5.74, 6) is 2.23. The number of hydrogen-bond donors (Lipinski definition) is 1. The Bertz CT molecular complexity index is 749. The van der Waals surface area contributed by atoms with E-state index < -0.39 is 0 Å². The Kier molecular flexibility index (Phi) is 3.88. The van der Waals surface area contributed by atoms with Crippen molar-refractivity contribution < 1.29 is 0 Å². The van der Waals surface area contributed by atoms with Gasteiger partial charge in [-0.05, 0) is 12.0 Å². The minimum Gasteiger partial charge on any atom is -0.372 e. The zero-order valence-corrected chi connectivity index (χ0v) is 13.4. The highest BCUT2D eigenvalue weighted by Crippen LogP contribution is 2.37. The Hall–Kier alpha value is -1.94. The fourth-order valence-corrected chi connectivity index (χ4v) is 3.33. The highest BCUT2D eigenvalue weighted by Gasteiger charge is 2.16. The number of benzene rings is 1. The molecule has 1 unspecified atom stereocenters. The lowest BCUT2D eigenvalue weighted by Crippen LogP contribution is -2.03. The van der Waals surface area contributed by atoms with Crippen molar-refractivity contribution in [3.63, 3.8) is 0 Å². The van der Waals surface area contributed by atoms with Gasteiger partial charge >= 0.3 is 0 Å². The number of anilines is 1. The van der Waals surface area contributed by atoms with Gasteiger partial charge in [0.25, 0.3) is 0 Å². The van der Waals surface area contributed by atoms with E-state index in [9.17, 15) is 0 Å². The van der Waals surface area contributed by atoms with Gasteiger partial charge in [-0.25, -0.2) is 9.97 Å². The van der Waals surface area contributed by atoms with Crippen molar-refractivity contribution in [2.45, 2.75) is 26.2 Å². The summed E-state index contributed by atoms with van der Waals surface area (Å²) in [7, 11) is 1.93. The van der Waals surface area contributed by atoms with Crippen molar-refractivity contribution in [3.05, 3.63) is 41.5 Å². The van der Waals surface area contributed by atoms with E-state index in [-0.39, 0.29) is 0 Å². The minimum atomic E-state index is 0.378. The summed E-state index contributed by atoms with van der Waals surface area (Å²) in [4.78, 5) is 10.6. The average molecular weight is 297 g/mol. The van der Waals surface area contributed by atoms with E-state index in [1.165, 1.54) is 11.1 Å². The van der Waals surface area contributed by atoms with Gasteiger partial charge in [-0.3, -0.25) is 0 Å². The Morgan fingerprint density at radius 3 is 2.62 bits per heavy atom. The quantitative estimate of drug-likeness (QED) is 0.743. The summed E-state index contributed by atoms with van der Waals surface area (Å²) in [5, 5.41) is 6.54. The maximum atomic E-state index is 4.77. The van der Waals surface area contributed by atoms with E-state index >= 15 is 0 Å². The van der Waals surface area contributed by atoms with Crippen molar-refractivity contribution >= 4 is 27.4 Å². The second-order valence-electron chi connectivity index (χ2n) is 5.19. The van der Waals surface area contributed by atoms with E-state index in [0.29, 0.717) is 5.92 Å². The van der Waals surface area contributed by atoms with Gasteiger partial charge in [-0.2, -0.15) is 0 Å². The largest absolute Gasteiger partial charge is 0.372 e. The van der Waals surface area contributed by atoms with Gasteiger partial charge in [0.1, 0.15) is 16.5 Å². The maximum Gasteiger partial charge on any atom is 0.138 e. The van der Waals surface area contributed by atoms with Crippen LogP contribution in [0.1, 0.15) is 32.0 Å². The molecule has 21 heavy (non-hydrogen) atoms. The minimum absolute atomic E-state index is 0.378. The molecular formula is C17H19N3S. The number of rotatable bonds is 4. The zero-order valence-electron chi connectivity index (χ0n) is 12.6. The standard InChI is InChI=1S/C17H19N3S/c1-4-11(2)15-19-16(18-3)14-13(10-21-17(14)20-15)12-8-6-5-7-9-12/h5-11H,4H2,1-3H3,(H,18,19,20). The van der Waals surface area contributed by atoms with Crippen LogP contribution < -0.4 is 5.32 Å². The number of aromatic nitrogens is 2. The highest BCUT2D eigenvalue weighted by molar-refractivity contribution is 7.17. The molecule has 0 aliphatic heterocycles. The third-order valence-electron chi connectivity index (χ3n) is 3.83. The topological polar surface area (TPSA) is 37.8 Å². The molecule has 1 aromatic carbocycles. The number of hydrogen-bond acceptors (Lipinski definition) is 4. The van der Waals surface area contributed by atoms with Gasteiger partial charge in [0, 0.05) is 23.9 Å². The van der Waals surface area contributed by atoms with Gasteiger partial charge in [0.05, 0.1) is 5.39 Å². The molecule has 1 N–H and O–H groups in total. The summed E-state index contributed by atoms with van der Waals surface area (Å²) >= 11 is 1.69. The summed E-state index contributed by atoms with van der Waals surface area (Å²) < 4.78 is 0. The lowest BCUT2D eigenvalue weighted by atomic mass is 10.1. The Balaban J connectivity index is 2.22. The molecular weight excluding hydrogens is 278 g/mol. The molecule has 3 rings (SSSR count). The number of fused-ring (bicyclic) bond motifs is 1. The second-order valence-corrected chi connectivity index (χ2v) is 6.04. The lowest BCUT2D eigenvalue weighted by molar-refractivity contribution is 0.685. The molecule has 4 heteroatoms. The Morgan fingerprint density at radius 1 is 1.19 bits per heavy atom. The maximum absolute atomic E-state index is 4.77. The first kappa shape index (κ1) is 14.0. The smallest absolute Gasteiger partial charge is 0.138 e. The van der Waals surface area contributed by atoms with E-state index in [1.54, 1.807) is 11.3 Å². The zero-order chi connectivity index (χ0) is 14.8. The summed E-state index contributed by atoms with van der Waals surface area (Å²) in [6.45, 7) is 4.34. The van der Waals surface area contributed by atoms with Crippen LogP contribution in [0.25, 0.3) is 21.3 Å². The molecule has 0 fully saturated rings. The van der Waals surface area contributed by atoms with Crippen LogP contribution in [-0.2, 0) is 0 Å². The molecule has 108 valence electrons. The second kappa shape index (κ2) is 5.82. The summed E-state index contributed by atoms with van der Waals surface area (Å²) in [6.07, 6.45) is 1.05. The monoisotopic (exact) mass is 297 g/mol. The van der Waals surface area contributed by atoms with Crippen LogP contribution in [0, 0.1) is 0 Å². The number of nitrogens with one attached hydrogen (secondary N) is 1. The van der Waals surface area contributed by atoms with Crippen LogP contribution in [0.5, 0.6) is 0 Å².